The maximum Gasteiger partial charge on any atom is 0.272 e. The average molecular weight is 321 g/mol. The molecular formula is C15H10F3N3O2. The lowest BCUT2D eigenvalue weighted by molar-refractivity contribution is 0.0815. The van der Waals surface area contributed by atoms with Crippen LogP contribution in [0.25, 0.3) is 22.8 Å². The van der Waals surface area contributed by atoms with Gasteiger partial charge in [0.15, 0.2) is 23.0 Å². The summed E-state index contributed by atoms with van der Waals surface area (Å²) < 4.78 is 46.9. The van der Waals surface area contributed by atoms with Crippen molar-refractivity contribution < 1.29 is 22.4 Å². The minimum Gasteiger partial charge on any atom is -0.484 e. The maximum atomic E-state index is 12.9. The Labute approximate surface area is 128 Å². The molecule has 0 aliphatic heterocycles. The molecule has 2 heterocycles. The third-order valence-electron chi connectivity index (χ3n) is 2.87. The first-order valence-corrected chi connectivity index (χ1v) is 6.58. The van der Waals surface area contributed by atoms with Gasteiger partial charge in [-0.05, 0) is 24.3 Å². The van der Waals surface area contributed by atoms with E-state index >= 15 is 0 Å². The number of benzene rings is 1. The first-order chi connectivity index (χ1) is 11.1. The fraction of sp³-hybridized carbons (Fsp3) is 0.133. The molecule has 0 aliphatic carbocycles. The van der Waals surface area contributed by atoms with E-state index in [1.807, 2.05) is 0 Å². The molecular weight excluding hydrogens is 311 g/mol. The minimum absolute atomic E-state index is 0.135. The van der Waals surface area contributed by atoms with E-state index in [2.05, 4.69) is 15.1 Å². The van der Waals surface area contributed by atoms with Gasteiger partial charge in [-0.25, -0.2) is 23.1 Å². The summed E-state index contributed by atoms with van der Waals surface area (Å²) in [5, 5.41) is 3.83. The predicted octanol–water partition coefficient (Wildman–Crippen LogP) is 3.58. The van der Waals surface area contributed by atoms with Crippen molar-refractivity contribution in [3.8, 4) is 28.6 Å². The van der Waals surface area contributed by atoms with Gasteiger partial charge in [-0.3, -0.25) is 0 Å². The molecule has 2 aromatic heterocycles. The summed E-state index contributed by atoms with van der Waals surface area (Å²) in [4.78, 5) is 7.97. The van der Waals surface area contributed by atoms with Gasteiger partial charge in [0.2, 0.25) is 0 Å². The third-order valence-corrected chi connectivity index (χ3v) is 2.87. The first kappa shape index (κ1) is 15.0. The number of nitrogens with zero attached hydrogens (tertiary/aromatic N) is 3. The zero-order chi connectivity index (χ0) is 16.2. The van der Waals surface area contributed by atoms with Gasteiger partial charge in [0, 0.05) is 11.6 Å². The largest absolute Gasteiger partial charge is 0.484 e. The molecule has 0 unspecified atom stereocenters. The van der Waals surface area contributed by atoms with Crippen molar-refractivity contribution in [3.63, 3.8) is 0 Å². The summed E-state index contributed by atoms with van der Waals surface area (Å²) in [6.07, 6.45) is -0.0167. The number of hydrogen-bond donors (Lipinski definition) is 0. The van der Waals surface area contributed by atoms with Gasteiger partial charge in [0.05, 0.1) is 12.4 Å². The Kier molecular flexibility index (Phi) is 4.22. The molecule has 5 nitrogen and oxygen atoms in total. The van der Waals surface area contributed by atoms with Crippen LogP contribution in [0.2, 0.25) is 0 Å². The quantitative estimate of drug-likeness (QED) is 0.719. The third kappa shape index (κ3) is 3.65. The van der Waals surface area contributed by atoms with Crippen LogP contribution in [0.3, 0.4) is 0 Å². The summed E-state index contributed by atoms with van der Waals surface area (Å²) in [5.41, 5.74) is 1.02. The molecule has 0 atom stereocenters. The van der Waals surface area contributed by atoms with E-state index < -0.39 is 13.0 Å². The van der Waals surface area contributed by atoms with Crippen molar-refractivity contribution in [2.24, 2.45) is 0 Å². The van der Waals surface area contributed by atoms with Gasteiger partial charge in [0.1, 0.15) is 12.4 Å². The van der Waals surface area contributed by atoms with Crippen molar-refractivity contribution in [1.29, 1.82) is 0 Å². The topological polar surface area (TPSA) is 61.0 Å². The Morgan fingerprint density at radius 2 is 1.78 bits per heavy atom. The zero-order valence-electron chi connectivity index (χ0n) is 11.6. The first-order valence-electron chi connectivity index (χ1n) is 6.58. The molecule has 0 N–H and O–H groups in total. The lowest BCUT2D eigenvalue weighted by atomic mass is 10.1. The van der Waals surface area contributed by atoms with Crippen LogP contribution in [-0.2, 0) is 0 Å². The smallest absolute Gasteiger partial charge is 0.272 e. The molecule has 0 fully saturated rings. The molecule has 0 bridgehead atoms. The second-order valence-corrected chi connectivity index (χ2v) is 4.53. The molecule has 0 saturated heterocycles. The Balaban J connectivity index is 1.76. The lowest BCUT2D eigenvalue weighted by Crippen LogP contribution is -2.07. The van der Waals surface area contributed by atoms with Gasteiger partial charge in [-0.2, -0.15) is 0 Å². The van der Waals surface area contributed by atoms with E-state index in [1.54, 1.807) is 18.2 Å². The van der Waals surface area contributed by atoms with Crippen molar-refractivity contribution in [1.82, 2.24) is 15.1 Å². The Bertz CT molecular complexity index is 773. The SMILES string of the molecule is Fc1ccc(-c2cc(-c3ncc(OCC(F)F)cn3)no2)cc1. The molecule has 23 heavy (non-hydrogen) atoms. The Morgan fingerprint density at radius 3 is 2.43 bits per heavy atom. The lowest BCUT2D eigenvalue weighted by Gasteiger charge is -2.03. The number of halogens is 3. The van der Waals surface area contributed by atoms with E-state index in [4.69, 9.17) is 9.26 Å². The van der Waals surface area contributed by atoms with Gasteiger partial charge >= 0.3 is 0 Å². The van der Waals surface area contributed by atoms with E-state index in [9.17, 15) is 13.2 Å². The summed E-state index contributed by atoms with van der Waals surface area (Å²) in [7, 11) is 0. The van der Waals surface area contributed by atoms with Crippen molar-refractivity contribution >= 4 is 0 Å². The van der Waals surface area contributed by atoms with Crippen molar-refractivity contribution in [3.05, 3.63) is 48.5 Å². The molecule has 0 aliphatic rings. The standard InChI is InChI=1S/C15H10F3N3O2/c16-10-3-1-9(2-4-10)13-5-12(21-23-13)15-19-6-11(7-20-15)22-8-14(17)18/h1-7,14H,8H2. The Hall–Kier alpha value is -2.90. The fourth-order valence-electron chi connectivity index (χ4n) is 1.81. The van der Waals surface area contributed by atoms with Crippen LogP contribution in [0.1, 0.15) is 0 Å². The predicted molar refractivity (Wildman–Crippen MR) is 74.4 cm³/mol. The van der Waals surface area contributed by atoms with Crippen molar-refractivity contribution in [2.75, 3.05) is 6.61 Å². The molecule has 8 heteroatoms. The molecule has 0 saturated carbocycles. The van der Waals surface area contributed by atoms with Gasteiger partial charge in [-0.1, -0.05) is 5.16 Å². The normalized spacial score (nSPS) is 11.0. The van der Waals surface area contributed by atoms with Crippen molar-refractivity contribution in [2.45, 2.75) is 6.43 Å². The van der Waals surface area contributed by atoms with E-state index in [0.717, 1.165) is 0 Å². The zero-order valence-corrected chi connectivity index (χ0v) is 11.6. The number of hydrogen-bond acceptors (Lipinski definition) is 5. The fourth-order valence-corrected chi connectivity index (χ4v) is 1.81. The Morgan fingerprint density at radius 1 is 1.09 bits per heavy atom. The summed E-state index contributed by atoms with van der Waals surface area (Å²) >= 11 is 0. The highest BCUT2D eigenvalue weighted by Gasteiger charge is 2.11. The van der Waals surface area contributed by atoms with E-state index in [1.165, 1.54) is 24.5 Å². The average Bonchev–Trinajstić information content (AvgIpc) is 3.04. The second-order valence-electron chi connectivity index (χ2n) is 4.53. The molecule has 0 spiro atoms. The van der Waals surface area contributed by atoms with Crippen LogP contribution < -0.4 is 4.74 Å². The number of alkyl halides is 2. The highest BCUT2D eigenvalue weighted by molar-refractivity contribution is 5.62. The monoisotopic (exact) mass is 321 g/mol. The highest BCUT2D eigenvalue weighted by atomic mass is 19.3. The van der Waals surface area contributed by atoms with Gasteiger partial charge < -0.3 is 9.26 Å². The van der Waals surface area contributed by atoms with Gasteiger partial charge in [0.25, 0.3) is 6.43 Å². The van der Waals surface area contributed by atoms with Crippen LogP contribution in [-0.4, -0.2) is 28.2 Å². The maximum absolute atomic E-state index is 12.9. The second kappa shape index (κ2) is 6.47. The number of rotatable bonds is 5. The molecule has 0 amide bonds. The molecule has 3 aromatic rings. The number of ether oxygens (including phenoxy) is 1. The van der Waals surface area contributed by atoms with Crippen LogP contribution in [0.5, 0.6) is 5.75 Å². The highest BCUT2D eigenvalue weighted by Crippen LogP contribution is 2.24. The summed E-state index contributed by atoms with van der Waals surface area (Å²) in [6, 6.07) is 7.33. The van der Waals surface area contributed by atoms with Gasteiger partial charge in [-0.15, -0.1) is 0 Å². The molecule has 0 radical (unpaired) electrons. The number of aromatic nitrogens is 3. The summed E-state index contributed by atoms with van der Waals surface area (Å²) in [5.74, 6) is 0.473. The van der Waals surface area contributed by atoms with Crippen LogP contribution in [0.15, 0.2) is 47.2 Å². The molecule has 118 valence electrons. The van der Waals surface area contributed by atoms with E-state index in [0.29, 0.717) is 17.0 Å². The van der Waals surface area contributed by atoms with Crippen LogP contribution >= 0.6 is 0 Å². The van der Waals surface area contributed by atoms with Crippen LogP contribution in [0, 0.1) is 5.82 Å². The van der Waals surface area contributed by atoms with Crippen LogP contribution in [0.4, 0.5) is 13.2 Å². The molecule has 3 rings (SSSR count). The summed E-state index contributed by atoms with van der Waals surface area (Å²) in [6.45, 7) is -0.721. The minimum atomic E-state index is -2.57. The van der Waals surface area contributed by atoms with E-state index in [-0.39, 0.29) is 17.4 Å². The molecule has 1 aromatic carbocycles.